The molecule has 120 valence electrons. The van der Waals surface area contributed by atoms with Gasteiger partial charge < -0.3 is 4.74 Å². The van der Waals surface area contributed by atoms with E-state index in [0.717, 1.165) is 25.7 Å². The third-order valence-corrected chi connectivity index (χ3v) is 3.25. The quantitative estimate of drug-likeness (QED) is 0.226. The molecule has 0 aliphatic heterocycles. The zero-order valence-electron chi connectivity index (χ0n) is 14.5. The topological polar surface area (TPSA) is 26.3 Å². The van der Waals surface area contributed by atoms with E-state index in [1.165, 1.54) is 11.1 Å². The third kappa shape index (κ3) is 11.1. The lowest BCUT2D eigenvalue weighted by atomic mass is 9.98. The number of carbonyl (C=O) groups is 1. The summed E-state index contributed by atoms with van der Waals surface area (Å²) in [5, 5.41) is 0. The van der Waals surface area contributed by atoms with Crippen molar-refractivity contribution < 1.29 is 9.53 Å². The number of hydrogen-bond acceptors (Lipinski definition) is 2. The molecule has 0 radical (unpaired) electrons. The minimum atomic E-state index is -0.245. The average molecular weight is 292 g/mol. The van der Waals surface area contributed by atoms with Crippen LogP contribution in [-0.2, 0) is 9.53 Å². The Morgan fingerprint density at radius 1 is 1.29 bits per heavy atom. The molecule has 0 saturated carbocycles. The van der Waals surface area contributed by atoms with E-state index in [9.17, 15) is 4.79 Å². The van der Waals surface area contributed by atoms with Crippen LogP contribution < -0.4 is 0 Å². The van der Waals surface area contributed by atoms with E-state index in [1.807, 2.05) is 0 Å². The summed E-state index contributed by atoms with van der Waals surface area (Å²) in [6, 6.07) is 0. The second-order valence-electron chi connectivity index (χ2n) is 6.11. The molecule has 0 aromatic carbocycles. The second-order valence-corrected chi connectivity index (χ2v) is 6.11. The molecular weight excluding hydrogens is 260 g/mol. The van der Waals surface area contributed by atoms with Crippen molar-refractivity contribution in [2.45, 2.75) is 66.7 Å². The Bertz CT molecular complexity index is 384. The van der Waals surface area contributed by atoms with Crippen LogP contribution in [0, 0.1) is 5.92 Å². The minimum Gasteiger partial charge on any atom is -0.462 e. The molecule has 0 rings (SSSR count). The molecule has 0 amide bonds. The van der Waals surface area contributed by atoms with Crippen LogP contribution in [0.15, 0.2) is 35.5 Å². The lowest BCUT2D eigenvalue weighted by Crippen LogP contribution is -2.10. The molecule has 21 heavy (non-hydrogen) atoms. The molecule has 0 N–H and O–H groups in total. The molecule has 1 atom stereocenters. The summed E-state index contributed by atoms with van der Waals surface area (Å²) in [6.07, 6.45) is 9.27. The van der Waals surface area contributed by atoms with Crippen LogP contribution in [-0.4, -0.2) is 12.6 Å². The molecule has 0 aliphatic carbocycles. The molecule has 0 bridgehead atoms. The average Bonchev–Trinajstić information content (AvgIpc) is 2.37. The summed E-state index contributed by atoms with van der Waals surface area (Å²) in [7, 11) is 0. The zero-order chi connectivity index (χ0) is 16.3. The Kier molecular flexibility index (Phi) is 10.7. The Balaban J connectivity index is 4.16. The van der Waals surface area contributed by atoms with Gasteiger partial charge in [-0.25, -0.2) is 4.79 Å². The molecular formula is C19H32O2. The van der Waals surface area contributed by atoms with Gasteiger partial charge in [-0.05, 0) is 52.4 Å². The standard InChI is InChI=1S/C19H32O2/c1-7-8-12-21-19(20)18(6)14-17(5)13-16(4)11-9-10-15(2)3/h10,13,17H,6-9,11-12,14H2,1-5H3/b16-13+. The first kappa shape index (κ1) is 19.7. The highest BCUT2D eigenvalue weighted by atomic mass is 16.5. The van der Waals surface area contributed by atoms with Crippen LogP contribution in [0.2, 0.25) is 0 Å². The fourth-order valence-electron chi connectivity index (χ4n) is 2.10. The van der Waals surface area contributed by atoms with Crippen molar-refractivity contribution in [3.05, 3.63) is 35.5 Å². The number of ether oxygens (including phenoxy) is 1. The first-order valence-corrected chi connectivity index (χ1v) is 8.02. The molecule has 0 heterocycles. The SMILES string of the molecule is C=C(CC(C)/C=C(\C)CCC=C(C)C)C(=O)OCCCC. The minimum absolute atomic E-state index is 0.245. The van der Waals surface area contributed by atoms with Crippen molar-refractivity contribution in [2.24, 2.45) is 5.92 Å². The Hall–Kier alpha value is -1.31. The molecule has 0 fully saturated rings. The third-order valence-electron chi connectivity index (χ3n) is 3.25. The Labute approximate surface area is 131 Å². The van der Waals surface area contributed by atoms with Gasteiger partial charge in [-0.15, -0.1) is 0 Å². The van der Waals surface area contributed by atoms with Crippen molar-refractivity contribution in [1.82, 2.24) is 0 Å². The van der Waals surface area contributed by atoms with Crippen LogP contribution in [0.4, 0.5) is 0 Å². The fraction of sp³-hybridized carbons (Fsp3) is 0.632. The number of hydrogen-bond donors (Lipinski definition) is 0. The van der Waals surface area contributed by atoms with Crippen molar-refractivity contribution in [3.8, 4) is 0 Å². The lowest BCUT2D eigenvalue weighted by molar-refractivity contribution is -0.139. The molecule has 0 aromatic rings. The number of carbonyl (C=O) groups excluding carboxylic acids is 1. The summed E-state index contributed by atoms with van der Waals surface area (Å²) in [6.45, 7) is 14.9. The van der Waals surface area contributed by atoms with Gasteiger partial charge in [0.1, 0.15) is 0 Å². The predicted molar refractivity (Wildman–Crippen MR) is 91.2 cm³/mol. The first-order chi connectivity index (χ1) is 9.86. The summed E-state index contributed by atoms with van der Waals surface area (Å²) < 4.78 is 5.17. The van der Waals surface area contributed by atoms with E-state index in [0.29, 0.717) is 24.5 Å². The lowest BCUT2D eigenvalue weighted by Gasteiger charge is -2.11. The van der Waals surface area contributed by atoms with Crippen molar-refractivity contribution in [3.63, 3.8) is 0 Å². The smallest absolute Gasteiger partial charge is 0.333 e. The van der Waals surface area contributed by atoms with Crippen LogP contribution in [0.1, 0.15) is 66.7 Å². The van der Waals surface area contributed by atoms with E-state index in [2.05, 4.69) is 53.3 Å². The van der Waals surface area contributed by atoms with E-state index in [1.54, 1.807) is 0 Å². The largest absolute Gasteiger partial charge is 0.462 e. The summed E-state index contributed by atoms with van der Waals surface area (Å²) in [4.78, 5) is 11.7. The number of allylic oxidation sites excluding steroid dienone is 4. The monoisotopic (exact) mass is 292 g/mol. The molecule has 2 heteroatoms. The maximum atomic E-state index is 11.7. The van der Waals surface area contributed by atoms with Crippen LogP contribution >= 0.6 is 0 Å². The highest BCUT2D eigenvalue weighted by molar-refractivity contribution is 5.87. The number of esters is 1. The van der Waals surface area contributed by atoms with E-state index in [4.69, 9.17) is 4.74 Å². The van der Waals surface area contributed by atoms with Gasteiger partial charge in [0, 0.05) is 5.57 Å². The van der Waals surface area contributed by atoms with Gasteiger partial charge in [0.2, 0.25) is 0 Å². The number of unbranched alkanes of at least 4 members (excludes halogenated alkanes) is 1. The van der Waals surface area contributed by atoms with Gasteiger partial charge in [0.25, 0.3) is 0 Å². The van der Waals surface area contributed by atoms with Gasteiger partial charge in [0.05, 0.1) is 6.61 Å². The Morgan fingerprint density at radius 3 is 2.52 bits per heavy atom. The Morgan fingerprint density at radius 2 is 1.95 bits per heavy atom. The van der Waals surface area contributed by atoms with Gasteiger partial charge in [0.15, 0.2) is 0 Å². The summed E-state index contributed by atoms with van der Waals surface area (Å²) >= 11 is 0. The van der Waals surface area contributed by atoms with Crippen LogP contribution in [0.3, 0.4) is 0 Å². The van der Waals surface area contributed by atoms with Crippen LogP contribution in [0.5, 0.6) is 0 Å². The van der Waals surface area contributed by atoms with Gasteiger partial charge in [-0.3, -0.25) is 0 Å². The predicted octanol–water partition coefficient (Wildman–Crippen LogP) is 5.60. The highest BCUT2D eigenvalue weighted by Gasteiger charge is 2.11. The zero-order valence-corrected chi connectivity index (χ0v) is 14.5. The highest BCUT2D eigenvalue weighted by Crippen LogP contribution is 2.17. The second kappa shape index (κ2) is 11.4. The normalized spacial score (nSPS) is 12.7. The van der Waals surface area contributed by atoms with E-state index in [-0.39, 0.29) is 5.97 Å². The van der Waals surface area contributed by atoms with Gasteiger partial charge >= 0.3 is 5.97 Å². The molecule has 0 aromatic heterocycles. The first-order valence-electron chi connectivity index (χ1n) is 8.02. The molecule has 1 unspecified atom stereocenters. The fourth-order valence-corrected chi connectivity index (χ4v) is 2.10. The molecule has 2 nitrogen and oxygen atoms in total. The molecule has 0 spiro atoms. The number of rotatable bonds is 10. The summed E-state index contributed by atoms with van der Waals surface area (Å²) in [5.74, 6) is 0.0776. The van der Waals surface area contributed by atoms with Gasteiger partial charge in [-0.2, -0.15) is 0 Å². The van der Waals surface area contributed by atoms with E-state index >= 15 is 0 Å². The molecule has 0 saturated heterocycles. The van der Waals surface area contributed by atoms with Crippen molar-refractivity contribution in [2.75, 3.05) is 6.61 Å². The van der Waals surface area contributed by atoms with Crippen molar-refractivity contribution >= 4 is 5.97 Å². The van der Waals surface area contributed by atoms with Crippen LogP contribution in [0.25, 0.3) is 0 Å². The van der Waals surface area contributed by atoms with Crippen molar-refractivity contribution in [1.29, 1.82) is 0 Å². The maximum absolute atomic E-state index is 11.7. The summed E-state index contributed by atoms with van der Waals surface area (Å²) in [5.41, 5.74) is 3.30. The van der Waals surface area contributed by atoms with Gasteiger partial charge in [-0.1, -0.05) is 50.1 Å². The maximum Gasteiger partial charge on any atom is 0.333 e. The molecule has 0 aliphatic rings. The van der Waals surface area contributed by atoms with E-state index < -0.39 is 0 Å².